The Morgan fingerprint density at radius 2 is 2.07 bits per heavy atom. The Balaban J connectivity index is 1.34. The van der Waals surface area contributed by atoms with Gasteiger partial charge in [-0.1, -0.05) is 17.7 Å². The van der Waals surface area contributed by atoms with Crippen LogP contribution in [0.1, 0.15) is 16.1 Å². The molecule has 0 atom stereocenters. The lowest BCUT2D eigenvalue weighted by Crippen LogP contribution is -2.48. The SMILES string of the molecule is O=C(c1cccc(Cl)c1F)N1CCN(Cc2cncc(Nc3nccs3)n2)CC1. The van der Waals surface area contributed by atoms with Crippen LogP contribution in [0.3, 0.4) is 0 Å². The summed E-state index contributed by atoms with van der Waals surface area (Å²) in [5.74, 6) is -0.358. The lowest BCUT2D eigenvalue weighted by molar-refractivity contribution is 0.0622. The molecule has 1 aromatic carbocycles. The van der Waals surface area contributed by atoms with Crippen LogP contribution in [0.2, 0.25) is 5.02 Å². The molecule has 0 radical (unpaired) electrons. The number of rotatable bonds is 5. The molecule has 0 unspecified atom stereocenters. The van der Waals surface area contributed by atoms with E-state index in [0.717, 1.165) is 10.8 Å². The molecule has 0 aliphatic carbocycles. The van der Waals surface area contributed by atoms with E-state index in [1.165, 1.54) is 23.5 Å². The monoisotopic (exact) mass is 432 g/mol. The van der Waals surface area contributed by atoms with Gasteiger partial charge in [0.05, 0.1) is 22.5 Å². The largest absolute Gasteiger partial charge is 0.336 e. The van der Waals surface area contributed by atoms with Gasteiger partial charge in [-0.05, 0) is 12.1 Å². The minimum atomic E-state index is -0.665. The van der Waals surface area contributed by atoms with Crippen molar-refractivity contribution in [1.82, 2.24) is 24.8 Å². The first-order valence-corrected chi connectivity index (χ1v) is 10.3. The number of piperazine rings is 1. The Labute approximate surface area is 176 Å². The Kier molecular flexibility index (Phi) is 5.98. The van der Waals surface area contributed by atoms with Gasteiger partial charge in [0, 0.05) is 50.5 Å². The Hall–Kier alpha value is -2.62. The lowest BCUT2D eigenvalue weighted by atomic mass is 10.1. The smallest absolute Gasteiger partial charge is 0.256 e. The number of carbonyl (C=O) groups excluding carboxylic acids is 1. The third kappa shape index (κ3) is 4.69. The molecule has 7 nitrogen and oxygen atoms in total. The van der Waals surface area contributed by atoms with E-state index in [4.69, 9.17) is 11.6 Å². The van der Waals surface area contributed by atoms with Crippen molar-refractivity contribution >= 4 is 39.8 Å². The predicted octanol–water partition coefficient (Wildman–Crippen LogP) is 3.43. The summed E-state index contributed by atoms with van der Waals surface area (Å²) in [6.07, 6.45) is 5.10. The van der Waals surface area contributed by atoms with Crippen molar-refractivity contribution in [3.8, 4) is 0 Å². The standard InChI is InChI=1S/C19H18ClFN6OS/c20-15-3-1-2-14(17(15)21)18(28)27-7-5-26(6-8-27)12-13-10-22-11-16(24-13)25-19-23-4-9-29-19/h1-4,9-11H,5-8,12H2,(H,23,24,25). The second-order valence-electron chi connectivity index (χ2n) is 6.53. The number of hydrogen-bond donors (Lipinski definition) is 1. The number of halogens is 2. The number of anilines is 2. The van der Waals surface area contributed by atoms with Gasteiger partial charge in [-0.15, -0.1) is 11.3 Å². The van der Waals surface area contributed by atoms with Gasteiger partial charge in [0.25, 0.3) is 5.91 Å². The first-order chi connectivity index (χ1) is 14.1. The minimum absolute atomic E-state index is 0.0118. The first-order valence-electron chi connectivity index (χ1n) is 9.03. The summed E-state index contributed by atoms with van der Waals surface area (Å²) in [6.45, 7) is 2.97. The number of amides is 1. The highest BCUT2D eigenvalue weighted by Crippen LogP contribution is 2.20. The van der Waals surface area contributed by atoms with Gasteiger partial charge in [-0.25, -0.2) is 14.4 Å². The van der Waals surface area contributed by atoms with Crippen molar-refractivity contribution in [2.75, 3.05) is 31.5 Å². The molecular formula is C19H18ClFN6OS. The van der Waals surface area contributed by atoms with E-state index in [2.05, 4.69) is 25.2 Å². The molecule has 0 saturated carbocycles. The molecule has 1 amide bonds. The molecule has 150 valence electrons. The van der Waals surface area contributed by atoms with Crippen molar-refractivity contribution in [1.29, 1.82) is 0 Å². The van der Waals surface area contributed by atoms with Crippen LogP contribution in [0.4, 0.5) is 15.3 Å². The quantitative estimate of drug-likeness (QED) is 0.665. The van der Waals surface area contributed by atoms with Gasteiger partial charge in [0.15, 0.2) is 16.8 Å². The van der Waals surface area contributed by atoms with Crippen LogP contribution in [-0.2, 0) is 6.54 Å². The molecule has 2 aromatic heterocycles. The summed E-state index contributed by atoms with van der Waals surface area (Å²) in [6, 6.07) is 4.48. The maximum Gasteiger partial charge on any atom is 0.256 e. The molecular weight excluding hydrogens is 415 g/mol. The summed E-state index contributed by atoms with van der Waals surface area (Å²) in [5.41, 5.74) is 0.838. The van der Waals surface area contributed by atoms with Crippen molar-refractivity contribution in [3.05, 3.63) is 64.3 Å². The molecule has 1 N–H and O–H groups in total. The molecule has 3 aromatic rings. The molecule has 1 saturated heterocycles. The van der Waals surface area contributed by atoms with Crippen LogP contribution in [0, 0.1) is 5.82 Å². The fourth-order valence-corrected chi connectivity index (χ4v) is 3.83. The van der Waals surface area contributed by atoms with Gasteiger partial charge in [-0.2, -0.15) is 0 Å². The van der Waals surface area contributed by atoms with Crippen molar-refractivity contribution in [2.24, 2.45) is 0 Å². The fraction of sp³-hybridized carbons (Fsp3) is 0.263. The molecule has 1 aliphatic heterocycles. The highest BCUT2D eigenvalue weighted by atomic mass is 35.5. The van der Waals surface area contributed by atoms with Crippen LogP contribution in [0.5, 0.6) is 0 Å². The van der Waals surface area contributed by atoms with Crippen LogP contribution >= 0.6 is 22.9 Å². The Morgan fingerprint density at radius 1 is 1.24 bits per heavy atom. The second-order valence-corrected chi connectivity index (χ2v) is 7.83. The average Bonchev–Trinajstić information content (AvgIpc) is 3.23. The average molecular weight is 433 g/mol. The van der Waals surface area contributed by atoms with E-state index >= 15 is 0 Å². The van der Waals surface area contributed by atoms with Crippen LogP contribution in [0.25, 0.3) is 0 Å². The van der Waals surface area contributed by atoms with Gasteiger partial charge >= 0.3 is 0 Å². The number of nitrogens with one attached hydrogen (secondary N) is 1. The van der Waals surface area contributed by atoms with Crippen molar-refractivity contribution in [3.63, 3.8) is 0 Å². The van der Waals surface area contributed by atoms with Crippen LogP contribution in [0.15, 0.2) is 42.2 Å². The number of benzene rings is 1. The topological polar surface area (TPSA) is 74.2 Å². The van der Waals surface area contributed by atoms with Crippen molar-refractivity contribution < 1.29 is 9.18 Å². The summed E-state index contributed by atoms with van der Waals surface area (Å²) < 4.78 is 14.1. The minimum Gasteiger partial charge on any atom is -0.336 e. The molecule has 10 heteroatoms. The number of nitrogens with zero attached hydrogens (tertiary/aromatic N) is 5. The molecule has 3 heterocycles. The predicted molar refractivity (Wildman–Crippen MR) is 110 cm³/mol. The molecule has 0 bridgehead atoms. The Bertz CT molecular complexity index is 994. The van der Waals surface area contributed by atoms with Crippen molar-refractivity contribution in [2.45, 2.75) is 6.54 Å². The first kappa shape index (κ1) is 19.7. The highest BCUT2D eigenvalue weighted by Gasteiger charge is 2.25. The summed E-state index contributed by atoms with van der Waals surface area (Å²) in [4.78, 5) is 29.4. The molecule has 4 rings (SSSR count). The molecule has 1 fully saturated rings. The summed E-state index contributed by atoms with van der Waals surface area (Å²) in [7, 11) is 0. The normalized spacial score (nSPS) is 14.8. The zero-order chi connectivity index (χ0) is 20.2. The third-order valence-electron chi connectivity index (χ3n) is 4.58. The van der Waals surface area contributed by atoms with Gasteiger partial charge in [-0.3, -0.25) is 14.7 Å². The number of aromatic nitrogens is 3. The van der Waals surface area contributed by atoms with E-state index in [1.807, 2.05) is 5.38 Å². The third-order valence-corrected chi connectivity index (χ3v) is 5.56. The van der Waals surface area contributed by atoms with Crippen LogP contribution in [-0.4, -0.2) is 56.8 Å². The van der Waals surface area contributed by atoms with Crippen LogP contribution < -0.4 is 5.32 Å². The maximum atomic E-state index is 14.1. The molecule has 1 aliphatic rings. The molecule has 0 spiro atoms. The number of thiazole rings is 1. The second kappa shape index (κ2) is 8.81. The van der Waals surface area contributed by atoms with Gasteiger partial charge < -0.3 is 10.2 Å². The van der Waals surface area contributed by atoms with E-state index in [1.54, 1.807) is 29.6 Å². The van der Waals surface area contributed by atoms with E-state index in [-0.39, 0.29) is 16.5 Å². The summed E-state index contributed by atoms with van der Waals surface area (Å²) in [5, 5.41) is 5.73. The van der Waals surface area contributed by atoms with Gasteiger partial charge in [0.2, 0.25) is 0 Å². The highest BCUT2D eigenvalue weighted by molar-refractivity contribution is 7.13. The maximum absolute atomic E-state index is 14.1. The molecule has 29 heavy (non-hydrogen) atoms. The zero-order valence-electron chi connectivity index (χ0n) is 15.4. The number of carbonyl (C=O) groups is 1. The summed E-state index contributed by atoms with van der Waals surface area (Å²) >= 11 is 7.28. The van der Waals surface area contributed by atoms with E-state index in [0.29, 0.717) is 38.5 Å². The zero-order valence-corrected chi connectivity index (χ0v) is 17.0. The van der Waals surface area contributed by atoms with E-state index < -0.39 is 5.82 Å². The lowest BCUT2D eigenvalue weighted by Gasteiger charge is -2.34. The van der Waals surface area contributed by atoms with Gasteiger partial charge in [0.1, 0.15) is 0 Å². The Morgan fingerprint density at radius 3 is 2.83 bits per heavy atom. The van der Waals surface area contributed by atoms with E-state index in [9.17, 15) is 9.18 Å². The number of hydrogen-bond acceptors (Lipinski definition) is 7. The fourth-order valence-electron chi connectivity index (χ4n) is 3.11.